The summed E-state index contributed by atoms with van der Waals surface area (Å²) >= 11 is 0. The molecule has 0 N–H and O–H groups in total. The van der Waals surface area contributed by atoms with Crippen LogP contribution in [0, 0.1) is 0 Å². The van der Waals surface area contributed by atoms with Gasteiger partial charge in [-0.1, -0.05) is 32.0 Å². The van der Waals surface area contributed by atoms with Gasteiger partial charge in [-0.25, -0.2) is 16.8 Å². The van der Waals surface area contributed by atoms with E-state index < -0.39 is 30.7 Å². The van der Waals surface area contributed by atoms with Gasteiger partial charge in [0.05, 0.1) is 16.9 Å². The summed E-state index contributed by atoms with van der Waals surface area (Å²) in [7, 11) is -6.67. The monoisotopic (exact) mass is 416 g/mol. The summed E-state index contributed by atoms with van der Waals surface area (Å²) in [4.78, 5) is 13.7. The minimum atomic E-state index is -3.33. The molecule has 0 amide bonds. The average molecular weight is 417 g/mol. The number of benzene rings is 1. The lowest BCUT2D eigenvalue weighted by molar-refractivity contribution is -0.144. The molecule has 1 aliphatic heterocycles. The molecule has 0 atom stereocenters. The van der Waals surface area contributed by atoms with Crippen LogP contribution in [0.3, 0.4) is 0 Å². The zero-order valence-electron chi connectivity index (χ0n) is 16.3. The first-order valence-corrected chi connectivity index (χ1v) is 13.2. The molecular formula is C19H28O6S2. The summed E-state index contributed by atoms with van der Waals surface area (Å²) in [6.45, 7) is 3.71. The topological polar surface area (TPSA) is 94.6 Å². The van der Waals surface area contributed by atoms with Gasteiger partial charge in [-0.05, 0) is 31.7 Å². The normalized spacial score (nSPS) is 18.6. The third-order valence-electron chi connectivity index (χ3n) is 5.50. The van der Waals surface area contributed by atoms with Gasteiger partial charge in [0.2, 0.25) is 0 Å². The predicted octanol–water partition coefficient (Wildman–Crippen LogP) is 2.31. The third-order valence-corrected chi connectivity index (χ3v) is 7.39. The van der Waals surface area contributed by atoms with E-state index >= 15 is 0 Å². The van der Waals surface area contributed by atoms with Crippen LogP contribution in [0.2, 0.25) is 0 Å². The summed E-state index contributed by atoms with van der Waals surface area (Å²) in [6, 6.07) is 7.06. The van der Waals surface area contributed by atoms with Gasteiger partial charge in [0.1, 0.15) is 25.4 Å². The second-order valence-electron chi connectivity index (χ2n) is 7.47. The van der Waals surface area contributed by atoms with E-state index in [1.165, 1.54) is 0 Å². The zero-order chi connectivity index (χ0) is 20.5. The van der Waals surface area contributed by atoms with Crippen molar-refractivity contribution in [2.24, 2.45) is 0 Å². The van der Waals surface area contributed by atoms with Gasteiger partial charge in [0, 0.05) is 18.1 Å². The van der Waals surface area contributed by atoms with E-state index in [0.29, 0.717) is 24.2 Å². The Morgan fingerprint density at radius 1 is 0.889 bits per heavy atom. The van der Waals surface area contributed by atoms with E-state index in [1.54, 1.807) is 24.3 Å². The Morgan fingerprint density at radius 2 is 1.37 bits per heavy atom. The highest BCUT2D eigenvalue weighted by Crippen LogP contribution is 2.49. The number of Topliss-reactive ketones (excluding diaryl/α,β-unsaturated/α-hetero) is 1. The van der Waals surface area contributed by atoms with E-state index in [-0.39, 0.29) is 30.1 Å². The van der Waals surface area contributed by atoms with E-state index in [4.69, 9.17) is 4.74 Å². The molecule has 6 nitrogen and oxygen atoms in total. The molecule has 1 aromatic rings. The fourth-order valence-corrected chi connectivity index (χ4v) is 5.26. The maximum Gasteiger partial charge on any atom is 0.186 e. The van der Waals surface area contributed by atoms with Gasteiger partial charge in [-0.15, -0.1) is 0 Å². The molecule has 0 unspecified atom stereocenters. The second-order valence-corrected chi connectivity index (χ2v) is 12.0. The van der Waals surface area contributed by atoms with Crippen LogP contribution in [-0.2, 0) is 29.9 Å². The third kappa shape index (κ3) is 4.54. The van der Waals surface area contributed by atoms with Gasteiger partial charge in [0.25, 0.3) is 0 Å². The van der Waals surface area contributed by atoms with Crippen molar-refractivity contribution >= 4 is 25.5 Å². The molecule has 1 aliphatic rings. The number of carbonyl (C=O) groups excluding carboxylic acids is 1. The predicted molar refractivity (Wildman–Crippen MR) is 106 cm³/mol. The van der Waals surface area contributed by atoms with Crippen molar-refractivity contribution in [1.82, 2.24) is 0 Å². The molecule has 8 heteroatoms. The van der Waals surface area contributed by atoms with Crippen LogP contribution < -0.4 is 4.74 Å². The first kappa shape index (κ1) is 21.9. The standard InChI is InChI=1S/C19H28O6S2/c1-5-19(6-2)17(20)18(11-13-26(3,21)22,12-14-27(4,23)24)15-9-7-8-10-16(15)25-19/h7-10H,5-6,11-14H2,1-4H3. The number of para-hydroxylation sites is 1. The first-order chi connectivity index (χ1) is 12.4. The maximum absolute atomic E-state index is 13.7. The average Bonchev–Trinajstić information content (AvgIpc) is 2.58. The molecule has 0 saturated carbocycles. The second kappa shape index (κ2) is 7.54. The van der Waals surface area contributed by atoms with Crippen molar-refractivity contribution < 1.29 is 26.4 Å². The van der Waals surface area contributed by atoms with Crippen LogP contribution in [0.25, 0.3) is 0 Å². The molecule has 1 heterocycles. The largest absolute Gasteiger partial charge is 0.479 e. The summed E-state index contributed by atoms with van der Waals surface area (Å²) in [5, 5.41) is 0. The van der Waals surface area contributed by atoms with Gasteiger partial charge in [0.15, 0.2) is 11.4 Å². The first-order valence-electron chi connectivity index (χ1n) is 9.08. The van der Waals surface area contributed by atoms with Crippen molar-refractivity contribution in [1.29, 1.82) is 0 Å². The Bertz CT molecular complexity index is 875. The SMILES string of the molecule is CCC1(CC)Oc2ccccc2C(CCS(C)(=O)=O)(CCS(C)(=O)=O)C1=O. The van der Waals surface area contributed by atoms with Crippen molar-refractivity contribution in [3.63, 3.8) is 0 Å². The van der Waals surface area contributed by atoms with Crippen molar-refractivity contribution in [2.45, 2.75) is 50.5 Å². The van der Waals surface area contributed by atoms with Crippen molar-refractivity contribution in [2.75, 3.05) is 24.0 Å². The number of sulfone groups is 2. The maximum atomic E-state index is 13.7. The lowest BCUT2D eigenvalue weighted by Crippen LogP contribution is -2.58. The highest BCUT2D eigenvalue weighted by atomic mass is 32.2. The Balaban J connectivity index is 2.70. The zero-order valence-corrected chi connectivity index (χ0v) is 18.0. The lowest BCUT2D eigenvalue weighted by Gasteiger charge is -2.47. The quantitative estimate of drug-likeness (QED) is 0.645. The minimum Gasteiger partial charge on any atom is -0.479 e. The van der Waals surface area contributed by atoms with Gasteiger partial charge >= 0.3 is 0 Å². The van der Waals surface area contributed by atoms with E-state index in [1.807, 2.05) is 13.8 Å². The van der Waals surface area contributed by atoms with Gasteiger partial charge in [-0.3, -0.25) is 4.79 Å². The van der Waals surface area contributed by atoms with Crippen LogP contribution in [0.1, 0.15) is 45.1 Å². The number of hydrogen-bond donors (Lipinski definition) is 0. The van der Waals surface area contributed by atoms with E-state index in [9.17, 15) is 21.6 Å². The fraction of sp³-hybridized carbons (Fsp3) is 0.632. The van der Waals surface area contributed by atoms with Crippen LogP contribution in [0.4, 0.5) is 0 Å². The molecule has 0 bridgehead atoms. The molecule has 2 rings (SSSR count). The number of hydrogen-bond acceptors (Lipinski definition) is 6. The molecule has 0 aliphatic carbocycles. The molecule has 0 saturated heterocycles. The highest BCUT2D eigenvalue weighted by molar-refractivity contribution is 7.90. The Labute approximate surface area is 162 Å². The highest BCUT2D eigenvalue weighted by Gasteiger charge is 2.55. The number of rotatable bonds is 8. The van der Waals surface area contributed by atoms with Gasteiger partial charge < -0.3 is 4.74 Å². The van der Waals surface area contributed by atoms with Crippen LogP contribution >= 0.6 is 0 Å². The van der Waals surface area contributed by atoms with Crippen LogP contribution in [0.5, 0.6) is 5.75 Å². The Hall–Kier alpha value is -1.41. The Kier molecular flexibility index (Phi) is 6.11. The smallest absolute Gasteiger partial charge is 0.186 e. The van der Waals surface area contributed by atoms with E-state index in [2.05, 4.69) is 0 Å². The number of ether oxygens (including phenoxy) is 1. The molecule has 0 spiro atoms. The van der Waals surface area contributed by atoms with Crippen LogP contribution in [-0.4, -0.2) is 52.2 Å². The number of ketones is 1. The number of fused-ring (bicyclic) bond motifs is 1. The molecule has 0 fully saturated rings. The fourth-order valence-electron chi connectivity index (χ4n) is 3.82. The molecule has 0 radical (unpaired) electrons. The molecule has 27 heavy (non-hydrogen) atoms. The van der Waals surface area contributed by atoms with Crippen LogP contribution in [0.15, 0.2) is 24.3 Å². The number of carbonyl (C=O) groups is 1. The van der Waals surface area contributed by atoms with Crippen molar-refractivity contribution in [3.8, 4) is 5.75 Å². The summed E-state index contributed by atoms with van der Waals surface area (Å²) in [5.74, 6) is -0.0745. The molecule has 1 aromatic carbocycles. The minimum absolute atomic E-state index is 0.0440. The summed E-state index contributed by atoms with van der Waals surface area (Å²) in [6.07, 6.45) is 3.19. The lowest BCUT2D eigenvalue weighted by atomic mass is 9.64. The molecular weight excluding hydrogens is 388 g/mol. The molecule has 0 aromatic heterocycles. The Morgan fingerprint density at radius 3 is 1.81 bits per heavy atom. The summed E-state index contributed by atoms with van der Waals surface area (Å²) < 4.78 is 53.6. The molecule has 152 valence electrons. The summed E-state index contributed by atoms with van der Waals surface area (Å²) in [5.41, 5.74) is -1.70. The van der Waals surface area contributed by atoms with Gasteiger partial charge in [-0.2, -0.15) is 0 Å². The van der Waals surface area contributed by atoms with E-state index in [0.717, 1.165) is 12.5 Å². The van der Waals surface area contributed by atoms with Crippen molar-refractivity contribution in [3.05, 3.63) is 29.8 Å².